The lowest BCUT2D eigenvalue weighted by Crippen LogP contribution is -2.34. The zero-order chi connectivity index (χ0) is 16.5. The number of hydrogen-bond acceptors (Lipinski definition) is 3. The summed E-state index contributed by atoms with van der Waals surface area (Å²) in [4.78, 5) is 12.9. The summed E-state index contributed by atoms with van der Waals surface area (Å²) >= 11 is 0. The lowest BCUT2D eigenvalue weighted by Gasteiger charge is -2.26. The first kappa shape index (κ1) is 17.5. The zero-order valence-electron chi connectivity index (χ0n) is 14.6. The molecule has 0 amide bonds. The van der Waals surface area contributed by atoms with Gasteiger partial charge in [-0.3, -0.25) is 4.79 Å². The van der Waals surface area contributed by atoms with Crippen molar-refractivity contribution in [3.8, 4) is 11.5 Å². The van der Waals surface area contributed by atoms with E-state index in [4.69, 9.17) is 9.47 Å². The summed E-state index contributed by atoms with van der Waals surface area (Å²) in [5.74, 6) is 4.33. The van der Waals surface area contributed by atoms with Crippen LogP contribution in [0.4, 0.5) is 0 Å². The topological polar surface area (TPSA) is 35.5 Å². The summed E-state index contributed by atoms with van der Waals surface area (Å²) in [7, 11) is 1.84. The van der Waals surface area contributed by atoms with E-state index in [2.05, 4.69) is 50.2 Å². The summed E-state index contributed by atoms with van der Waals surface area (Å²) in [5.41, 5.74) is 3.42. The molecule has 22 heavy (non-hydrogen) atoms. The van der Waals surface area contributed by atoms with E-state index in [1.165, 1.54) is 0 Å². The van der Waals surface area contributed by atoms with Gasteiger partial charge in [0.2, 0.25) is 0 Å². The van der Waals surface area contributed by atoms with Crippen molar-refractivity contribution in [1.82, 2.24) is 0 Å². The van der Waals surface area contributed by atoms with E-state index in [9.17, 15) is 4.79 Å². The highest BCUT2D eigenvalue weighted by Gasteiger charge is 2.54. The van der Waals surface area contributed by atoms with Crippen LogP contribution in [0.2, 0.25) is 19.6 Å². The monoisotopic (exact) mass is 320 g/mol. The molecule has 4 heteroatoms. The summed E-state index contributed by atoms with van der Waals surface area (Å²) in [6.07, 6.45) is 4.69. The van der Waals surface area contributed by atoms with Gasteiger partial charge in [0.25, 0.3) is 0 Å². The number of hydrogen-bond donors (Lipinski definition) is 0. The molecule has 1 fully saturated rings. The smallest absolute Gasteiger partial charge is 0.166 e. The molecule has 0 unspecified atom stereocenters. The second-order valence-corrected chi connectivity index (χ2v) is 12.3. The van der Waals surface area contributed by atoms with Crippen LogP contribution in [0.3, 0.4) is 0 Å². The molecule has 0 N–H and O–H groups in total. The Bertz CT molecular complexity index is 505. The quantitative estimate of drug-likeness (QED) is 0.345. The van der Waals surface area contributed by atoms with Gasteiger partial charge in [0, 0.05) is 26.6 Å². The summed E-state index contributed by atoms with van der Waals surface area (Å²) in [5, 5.41) is 0. The number of ether oxygens (including phenoxy) is 2. The SMILES string of the molecule is COC(OC)[C@@H]1C(=O)[C@H]2[C@H](C=C[C@@H]2C)[C@H]1CC#C[Si](C)(C)C. The predicted molar refractivity (Wildman–Crippen MR) is 90.8 cm³/mol. The fourth-order valence-corrected chi connectivity index (χ4v) is 4.48. The van der Waals surface area contributed by atoms with Gasteiger partial charge < -0.3 is 9.47 Å². The van der Waals surface area contributed by atoms with Gasteiger partial charge in [-0.15, -0.1) is 11.5 Å². The van der Waals surface area contributed by atoms with Crippen molar-refractivity contribution in [2.24, 2.45) is 29.6 Å². The van der Waals surface area contributed by atoms with Gasteiger partial charge in [-0.2, -0.15) is 0 Å². The standard InChI is InChI=1S/C18H28O3Si/c1-12-9-10-14-13(8-7-11-22(4,5)6)16(17(19)15(12)14)18(20-2)21-3/h9-10,12-16,18H,8H2,1-6H3/t12-,13+,14+,15+,16-/m0/s1. The fraction of sp³-hybridized carbons (Fsp3) is 0.722. The highest BCUT2D eigenvalue weighted by atomic mass is 28.3. The van der Waals surface area contributed by atoms with E-state index >= 15 is 0 Å². The third-order valence-electron chi connectivity index (χ3n) is 4.79. The van der Waals surface area contributed by atoms with Gasteiger partial charge in [-0.05, 0) is 17.8 Å². The second-order valence-electron chi connectivity index (χ2n) is 7.53. The predicted octanol–water partition coefficient (Wildman–Crippen LogP) is 3.13. The molecule has 0 heterocycles. The van der Waals surface area contributed by atoms with E-state index < -0.39 is 14.4 Å². The molecule has 122 valence electrons. The minimum atomic E-state index is -1.39. The molecule has 2 aliphatic rings. The summed E-state index contributed by atoms with van der Waals surface area (Å²) < 4.78 is 10.9. The van der Waals surface area contributed by atoms with Crippen molar-refractivity contribution >= 4 is 13.9 Å². The van der Waals surface area contributed by atoms with Crippen LogP contribution in [0.25, 0.3) is 0 Å². The maximum atomic E-state index is 12.9. The molecule has 0 aliphatic heterocycles. The third kappa shape index (κ3) is 3.37. The Morgan fingerprint density at radius 1 is 1.23 bits per heavy atom. The molecular weight excluding hydrogens is 292 g/mol. The van der Waals surface area contributed by atoms with Crippen LogP contribution < -0.4 is 0 Å². The molecule has 0 radical (unpaired) electrons. The number of allylic oxidation sites excluding steroid dienone is 2. The number of carbonyl (C=O) groups is 1. The van der Waals surface area contributed by atoms with Crippen LogP contribution in [-0.4, -0.2) is 34.4 Å². The van der Waals surface area contributed by atoms with Crippen molar-refractivity contribution in [2.45, 2.75) is 39.3 Å². The van der Waals surface area contributed by atoms with Gasteiger partial charge in [0.1, 0.15) is 13.9 Å². The average Bonchev–Trinajstić information content (AvgIpc) is 2.93. The van der Waals surface area contributed by atoms with Crippen LogP contribution in [0.1, 0.15) is 13.3 Å². The molecule has 2 aliphatic carbocycles. The lowest BCUT2D eigenvalue weighted by atomic mass is 9.85. The molecule has 0 aromatic carbocycles. The molecule has 3 nitrogen and oxygen atoms in total. The molecule has 1 saturated carbocycles. The largest absolute Gasteiger partial charge is 0.355 e. The Morgan fingerprint density at radius 2 is 1.86 bits per heavy atom. The molecule has 0 saturated heterocycles. The van der Waals surface area contributed by atoms with E-state index in [0.717, 1.165) is 6.42 Å². The summed E-state index contributed by atoms with van der Waals surface area (Å²) in [6.45, 7) is 8.85. The van der Waals surface area contributed by atoms with Gasteiger partial charge in [-0.1, -0.05) is 38.7 Å². The summed E-state index contributed by atoms with van der Waals surface area (Å²) in [6, 6.07) is 0. The molecular formula is C18H28O3Si. The minimum Gasteiger partial charge on any atom is -0.355 e. The Hall–Kier alpha value is -0.893. The van der Waals surface area contributed by atoms with Crippen molar-refractivity contribution in [3.63, 3.8) is 0 Å². The number of carbonyl (C=O) groups excluding carboxylic acids is 1. The number of fused-ring (bicyclic) bond motifs is 1. The number of ketones is 1. The first-order valence-corrected chi connectivity index (χ1v) is 11.6. The highest BCUT2D eigenvalue weighted by molar-refractivity contribution is 6.83. The lowest BCUT2D eigenvalue weighted by molar-refractivity contribution is -0.160. The van der Waals surface area contributed by atoms with Crippen LogP contribution in [0.5, 0.6) is 0 Å². The third-order valence-corrected chi connectivity index (χ3v) is 5.72. The van der Waals surface area contributed by atoms with Crippen molar-refractivity contribution in [2.75, 3.05) is 14.2 Å². The van der Waals surface area contributed by atoms with E-state index in [1.54, 1.807) is 14.2 Å². The molecule has 0 aromatic rings. The van der Waals surface area contributed by atoms with Gasteiger partial charge in [0.15, 0.2) is 6.29 Å². The molecule has 0 spiro atoms. The van der Waals surface area contributed by atoms with Crippen LogP contribution in [0, 0.1) is 41.1 Å². The van der Waals surface area contributed by atoms with Crippen molar-refractivity contribution < 1.29 is 14.3 Å². The second kappa shape index (κ2) is 6.70. The fourth-order valence-electron chi connectivity index (χ4n) is 3.85. The van der Waals surface area contributed by atoms with Crippen LogP contribution in [-0.2, 0) is 14.3 Å². The molecule has 2 rings (SSSR count). The Morgan fingerprint density at radius 3 is 2.41 bits per heavy atom. The minimum absolute atomic E-state index is 0.0801. The molecule has 0 bridgehead atoms. The average molecular weight is 321 g/mol. The number of rotatable bonds is 4. The Labute approximate surface area is 135 Å². The van der Waals surface area contributed by atoms with Crippen LogP contribution in [0.15, 0.2) is 12.2 Å². The zero-order valence-corrected chi connectivity index (χ0v) is 15.6. The highest BCUT2D eigenvalue weighted by Crippen LogP contribution is 2.50. The van der Waals surface area contributed by atoms with Gasteiger partial charge in [-0.25, -0.2) is 0 Å². The van der Waals surface area contributed by atoms with Crippen LogP contribution >= 0.6 is 0 Å². The number of Topliss-reactive ketones (excluding diaryl/α,β-unsaturated/α-hetero) is 1. The normalized spacial score (nSPS) is 34.0. The number of methoxy groups -OCH3 is 2. The maximum absolute atomic E-state index is 12.9. The maximum Gasteiger partial charge on any atom is 0.166 e. The van der Waals surface area contributed by atoms with Crippen molar-refractivity contribution in [3.05, 3.63) is 12.2 Å². The van der Waals surface area contributed by atoms with E-state index in [0.29, 0.717) is 5.92 Å². The first-order valence-electron chi connectivity index (χ1n) is 8.08. The first-order chi connectivity index (χ1) is 10.3. The van der Waals surface area contributed by atoms with Gasteiger partial charge >= 0.3 is 0 Å². The van der Waals surface area contributed by atoms with Crippen molar-refractivity contribution in [1.29, 1.82) is 0 Å². The molecule has 5 atom stereocenters. The Kier molecular flexibility index (Phi) is 5.32. The Balaban J connectivity index is 2.26. The van der Waals surface area contributed by atoms with E-state index in [-0.39, 0.29) is 29.5 Å². The van der Waals surface area contributed by atoms with Gasteiger partial charge in [0.05, 0.1) is 5.92 Å². The molecule has 0 aromatic heterocycles. The van der Waals surface area contributed by atoms with E-state index in [1.807, 2.05) is 0 Å².